The molecule has 0 saturated heterocycles. The number of carbonyl (C=O) groups is 1. The second-order valence-corrected chi connectivity index (χ2v) is 7.78. The van der Waals surface area contributed by atoms with Crippen molar-refractivity contribution in [3.05, 3.63) is 21.4 Å². The molecule has 1 rings (SSSR count). The molecule has 3 unspecified atom stereocenters. The summed E-state index contributed by atoms with van der Waals surface area (Å²) in [4.78, 5) is 12.0. The van der Waals surface area contributed by atoms with Crippen LogP contribution in [0.25, 0.3) is 0 Å². The Labute approximate surface area is 133 Å². The van der Waals surface area contributed by atoms with Gasteiger partial charge < -0.3 is 4.74 Å². The smallest absolute Gasteiger partial charge is 0.311 e. The normalized spacial score (nSPS) is 25.4. The van der Waals surface area contributed by atoms with Crippen LogP contribution in [0.3, 0.4) is 0 Å². The number of halogens is 4. The lowest BCUT2D eigenvalue weighted by atomic mass is 10.1. The van der Waals surface area contributed by atoms with Gasteiger partial charge >= 0.3 is 5.97 Å². The minimum Gasteiger partial charge on any atom is -0.441 e. The van der Waals surface area contributed by atoms with Crippen LogP contribution in [0.2, 0.25) is 0 Å². The third-order valence-electron chi connectivity index (χ3n) is 3.38. The number of rotatable bonds is 5. The number of terminal acetylenes is 1. The number of esters is 1. The van der Waals surface area contributed by atoms with E-state index in [0.717, 1.165) is 3.39 Å². The molecule has 0 aromatic rings. The molecule has 20 heavy (non-hydrogen) atoms. The van der Waals surface area contributed by atoms with Gasteiger partial charge in [-0.1, -0.05) is 25.8 Å². The SMILES string of the molecule is C#CC(OC(=O)C1C(C=C(Br)Br)C1(C)C)C(F)=CCF. The highest BCUT2D eigenvalue weighted by Gasteiger charge is 2.61. The van der Waals surface area contributed by atoms with E-state index in [9.17, 15) is 13.6 Å². The maximum atomic E-state index is 13.4. The standard InChI is InChI=1S/C14H14Br2F2O2/c1-4-10(9(18)5-6-17)20-13(19)12-8(7-11(15)16)14(12,2)3/h1,5,7-8,10,12H,6H2,2-3H3. The first-order valence-electron chi connectivity index (χ1n) is 5.86. The number of allylic oxidation sites excluding steroid dienone is 2. The number of carbonyl (C=O) groups excluding carboxylic acids is 1. The summed E-state index contributed by atoms with van der Waals surface area (Å²) >= 11 is 6.47. The second-order valence-electron chi connectivity index (χ2n) is 5.01. The van der Waals surface area contributed by atoms with Crippen LogP contribution in [0.1, 0.15) is 13.8 Å². The molecule has 0 aromatic heterocycles. The van der Waals surface area contributed by atoms with Crippen molar-refractivity contribution in [2.75, 3.05) is 6.67 Å². The molecule has 1 aliphatic rings. The number of ether oxygens (including phenoxy) is 1. The summed E-state index contributed by atoms with van der Waals surface area (Å²) in [5, 5.41) is 0. The summed E-state index contributed by atoms with van der Waals surface area (Å²) in [6, 6.07) is 0. The van der Waals surface area contributed by atoms with Crippen LogP contribution in [0.4, 0.5) is 8.78 Å². The fourth-order valence-electron chi connectivity index (χ4n) is 2.11. The molecule has 0 radical (unpaired) electrons. The van der Waals surface area contributed by atoms with E-state index in [-0.39, 0.29) is 11.3 Å². The van der Waals surface area contributed by atoms with Crippen molar-refractivity contribution in [1.82, 2.24) is 0 Å². The molecular formula is C14H14Br2F2O2. The van der Waals surface area contributed by atoms with Gasteiger partial charge in [-0.25, -0.2) is 8.78 Å². The average molecular weight is 412 g/mol. The highest BCUT2D eigenvalue weighted by molar-refractivity contribution is 9.28. The molecular weight excluding hydrogens is 398 g/mol. The van der Waals surface area contributed by atoms with Crippen molar-refractivity contribution in [2.45, 2.75) is 20.0 Å². The molecule has 0 bridgehead atoms. The van der Waals surface area contributed by atoms with Crippen LogP contribution in [0.15, 0.2) is 21.4 Å². The lowest BCUT2D eigenvalue weighted by Gasteiger charge is -2.11. The molecule has 2 nitrogen and oxygen atoms in total. The van der Waals surface area contributed by atoms with Gasteiger partial charge in [0.1, 0.15) is 6.67 Å². The number of hydrogen-bond donors (Lipinski definition) is 0. The maximum Gasteiger partial charge on any atom is 0.311 e. The highest BCUT2D eigenvalue weighted by Crippen LogP contribution is 2.60. The monoisotopic (exact) mass is 410 g/mol. The van der Waals surface area contributed by atoms with Crippen LogP contribution in [-0.4, -0.2) is 18.7 Å². The van der Waals surface area contributed by atoms with E-state index < -0.39 is 30.5 Å². The van der Waals surface area contributed by atoms with Gasteiger partial charge in [0.2, 0.25) is 6.10 Å². The topological polar surface area (TPSA) is 26.3 Å². The third-order valence-corrected chi connectivity index (χ3v) is 3.91. The Kier molecular flexibility index (Phi) is 5.96. The molecule has 1 aliphatic carbocycles. The quantitative estimate of drug-likeness (QED) is 0.499. The summed E-state index contributed by atoms with van der Waals surface area (Å²) in [6.45, 7) is 2.81. The Morgan fingerprint density at radius 1 is 1.55 bits per heavy atom. The lowest BCUT2D eigenvalue weighted by Crippen LogP contribution is -2.20. The van der Waals surface area contributed by atoms with Gasteiger partial charge in [0.25, 0.3) is 0 Å². The minimum atomic E-state index is -1.47. The average Bonchev–Trinajstić information content (AvgIpc) is 2.86. The lowest BCUT2D eigenvalue weighted by molar-refractivity contribution is -0.148. The Morgan fingerprint density at radius 3 is 2.60 bits per heavy atom. The third kappa shape index (κ3) is 3.92. The van der Waals surface area contributed by atoms with E-state index in [1.54, 1.807) is 0 Å². The summed E-state index contributed by atoms with van der Waals surface area (Å²) in [7, 11) is 0. The van der Waals surface area contributed by atoms with E-state index >= 15 is 0 Å². The summed E-state index contributed by atoms with van der Waals surface area (Å²) in [5.74, 6) is 0.0198. The largest absolute Gasteiger partial charge is 0.441 e. The molecule has 6 heteroatoms. The second kappa shape index (κ2) is 6.86. The zero-order valence-electron chi connectivity index (χ0n) is 11.0. The van der Waals surface area contributed by atoms with Gasteiger partial charge in [0, 0.05) is 0 Å². The predicted molar refractivity (Wildman–Crippen MR) is 80.6 cm³/mol. The van der Waals surface area contributed by atoms with Gasteiger partial charge in [0.05, 0.1) is 9.31 Å². The van der Waals surface area contributed by atoms with E-state index in [4.69, 9.17) is 11.2 Å². The van der Waals surface area contributed by atoms with Crippen LogP contribution < -0.4 is 0 Å². The van der Waals surface area contributed by atoms with Gasteiger partial charge in [0.15, 0.2) is 5.83 Å². The molecule has 3 atom stereocenters. The first-order chi connectivity index (χ1) is 9.25. The Balaban J connectivity index is 2.76. The summed E-state index contributed by atoms with van der Waals surface area (Å²) in [5.41, 5.74) is -0.288. The highest BCUT2D eigenvalue weighted by atomic mass is 79.9. The first-order valence-corrected chi connectivity index (χ1v) is 7.45. The zero-order chi connectivity index (χ0) is 15.5. The molecule has 1 saturated carbocycles. The van der Waals surface area contributed by atoms with Crippen LogP contribution in [0, 0.1) is 29.6 Å². The molecule has 0 heterocycles. The Hall–Kier alpha value is -0.670. The van der Waals surface area contributed by atoms with Gasteiger partial charge in [-0.2, -0.15) is 0 Å². The van der Waals surface area contributed by atoms with Gasteiger partial charge in [-0.05, 0) is 49.3 Å². The van der Waals surface area contributed by atoms with Crippen LogP contribution in [0.5, 0.6) is 0 Å². The molecule has 0 aromatic carbocycles. The Bertz CT molecular complexity index is 488. The first kappa shape index (κ1) is 17.4. The van der Waals surface area contributed by atoms with Crippen molar-refractivity contribution in [2.24, 2.45) is 17.3 Å². The fraction of sp³-hybridized carbons (Fsp3) is 0.500. The molecule has 0 spiro atoms. The summed E-state index contributed by atoms with van der Waals surface area (Å²) < 4.78 is 31.1. The van der Waals surface area contributed by atoms with Crippen LogP contribution >= 0.6 is 31.9 Å². The summed E-state index contributed by atoms with van der Waals surface area (Å²) in [6.07, 6.45) is 6.13. The molecule has 0 amide bonds. The molecule has 0 N–H and O–H groups in total. The van der Waals surface area contributed by atoms with Crippen LogP contribution in [-0.2, 0) is 9.53 Å². The number of hydrogen-bond acceptors (Lipinski definition) is 2. The van der Waals surface area contributed by atoms with Crippen molar-refractivity contribution in [3.63, 3.8) is 0 Å². The predicted octanol–water partition coefficient (Wildman–Crippen LogP) is 4.26. The molecule has 0 aliphatic heterocycles. The van der Waals surface area contributed by atoms with E-state index in [2.05, 4.69) is 31.9 Å². The zero-order valence-corrected chi connectivity index (χ0v) is 14.2. The maximum absolute atomic E-state index is 13.4. The van der Waals surface area contributed by atoms with Gasteiger partial charge in [-0.15, -0.1) is 6.42 Å². The van der Waals surface area contributed by atoms with Gasteiger partial charge in [-0.3, -0.25) is 4.79 Å². The minimum absolute atomic E-state index is 0.0320. The van der Waals surface area contributed by atoms with Crippen molar-refractivity contribution < 1.29 is 18.3 Å². The van der Waals surface area contributed by atoms with E-state index in [1.807, 2.05) is 25.8 Å². The molecule has 1 fully saturated rings. The van der Waals surface area contributed by atoms with E-state index in [0.29, 0.717) is 6.08 Å². The van der Waals surface area contributed by atoms with Crippen molar-refractivity contribution in [1.29, 1.82) is 0 Å². The van der Waals surface area contributed by atoms with Crippen molar-refractivity contribution in [3.8, 4) is 12.3 Å². The van der Waals surface area contributed by atoms with Crippen molar-refractivity contribution >= 4 is 37.8 Å². The molecule has 110 valence electrons. The van der Waals surface area contributed by atoms with E-state index in [1.165, 1.54) is 0 Å². The number of alkyl halides is 1. The fourth-order valence-corrected chi connectivity index (χ4v) is 2.68. The Morgan fingerprint density at radius 2 is 2.15 bits per heavy atom.